The first-order chi connectivity index (χ1) is 7.69. The fourth-order valence-corrected chi connectivity index (χ4v) is 1.57. The van der Waals surface area contributed by atoms with Crippen LogP contribution in [0.15, 0.2) is 27.8 Å². The van der Waals surface area contributed by atoms with Gasteiger partial charge in [0.15, 0.2) is 11.5 Å². The fraction of sp³-hybridized carbons (Fsp3) is 0.200. The van der Waals surface area contributed by atoms with Gasteiger partial charge in [0, 0.05) is 15.9 Å². The van der Waals surface area contributed by atoms with Crippen molar-refractivity contribution in [2.24, 2.45) is 5.11 Å². The van der Waals surface area contributed by atoms with Crippen molar-refractivity contribution in [3.63, 3.8) is 0 Å². The average Bonchev–Trinajstić information content (AvgIpc) is 2.28. The van der Waals surface area contributed by atoms with E-state index in [0.29, 0.717) is 5.75 Å². The molecule has 0 bridgehead atoms. The molecular formula is C10H10BrN3O2. The molecule has 5 nitrogen and oxygen atoms in total. The predicted molar refractivity (Wildman–Crippen MR) is 65.4 cm³/mol. The van der Waals surface area contributed by atoms with E-state index in [0.717, 1.165) is 10.0 Å². The molecule has 0 aliphatic heterocycles. The molecular weight excluding hydrogens is 274 g/mol. The number of hydrogen-bond donors (Lipinski definition) is 1. The molecule has 1 rings (SSSR count). The van der Waals surface area contributed by atoms with E-state index >= 15 is 0 Å². The Morgan fingerprint density at radius 2 is 2.38 bits per heavy atom. The average molecular weight is 284 g/mol. The topological polar surface area (TPSA) is 78.2 Å². The Hall–Kier alpha value is -1.65. The zero-order chi connectivity index (χ0) is 12.0. The van der Waals surface area contributed by atoms with E-state index in [4.69, 9.17) is 10.3 Å². The van der Waals surface area contributed by atoms with Crippen LogP contribution in [-0.2, 0) is 0 Å². The smallest absolute Gasteiger partial charge is 0.161 e. The highest BCUT2D eigenvalue weighted by Crippen LogP contribution is 2.32. The van der Waals surface area contributed by atoms with Crippen LogP contribution in [-0.4, -0.2) is 18.8 Å². The summed E-state index contributed by atoms with van der Waals surface area (Å²) in [7, 11) is 1.48. The van der Waals surface area contributed by atoms with Gasteiger partial charge in [-0.25, -0.2) is 0 Å². The molecule has 0 unspecified atom stereocenters. The van der Waals surface area contributed by atoms with Gasteiger partial charge < -0.3 is 9.84 Å². The Morgan fingerprint density at radius 3 is 3.00 bits per heavy atom. The number of ether oxygens (including phenoxy) is 1. The van der Waals surface area contributed by atoms with E-state index in [2.05, 4.69) is 26.0 Å². The minimum atomic E-state index is 0.0640. The molecule has 0 amide bonds. The third-order valence-electron chi connectivity index (χ3n) is 1.85. The number of hydrogen-bond acceptors (Lipinski definition) is 3. The van der Waals surface area contributed by atoms with Crippen molar-refractivity contribution in [3.05, 3.63) is 38.7 Å². The number of halogens is 1. The van der Waals surface area contributed by atoms with Crippen molar-refractivity contribution in [1.82, 2.24) is 0 Å². The lowest BCUT2D eigenvalue weighted by Crippen LogP contribution is -1.85. The summed E-state index contributed by atoms with van der Waals surface area (Å²) in [5, 5.41) is 12.9. The fourth-order valence-electron chi connectivity index (χ4n) is 1.11. The van der Waals surface area contributed by atoms with E-state index < -0.39 is 0 Å². The van der Waals surface area contributed by atoms with Gasteiger partial charge in [-0.15, -0.1) is 0 Å². The van der Waals surface area contributed by atoms with Crippen LogP contribution in [0, 0.1) is 0 Å². The van der Waals surface area contributed by atoms with E-state index in [1.165, 1.54) is 7.11 Å². The Balaban J connectivity index is 2.93. The van der Waals surface area contributed by atoms with Crippen LogP contribution in [0.25, 0.3) is 16.5 Å². The van der Waals surface area contributed by atoms with Crippen molar-refractivity contribution in [3.8, 4) is 11.5 Å². The first-order valence-corrected chi connectivity index (χ1v) is 5.22. The van der Waals surface area contributed by atoms with Crippen LogP contribution < -0.4 is 4.74 Å². The summed E-state index contributed by atoms with van der Waals surface area (Å²) in [5.41, 5.74) is 8.87. The SMILES string of the molecule is COc1cc(Br)c(C=CCN=[N+]=[N-])cc1O. The molecule has 1 N–H and O–H groups in total. The highest BCUT2D eigenvalue weighted by atomic mass is 79.9. The summed E-state index contributed by atoms with van der Waals surface area (Å²) in [6, 6.07) is 3.23. The molecule has 0 saturated carbocycles. The first kappa shape index (κ1) is 12.4. The Morgan fingerprint density at radius 1 is 1.62 bits per heavy atom. The summed E-state index contributed by atoms with van der Waals surface area (Å²) in [5.74, 6) is 0.466. The highest BCUT2D eigenvalue weighted by Gasteiger charge is 2.05. The summed E-state index contributed by atoms with van der Waals surface area (Å²) >= 11 is 3.35. The number of methoxy groups -OCH3 is 1. The zero-order valence-electron chi connectivity index (χ0n) is 8.59. The standard InChI is InChI=1S/C10H10BrN3O2/c1-16-10-6-8(11)7(5-9(10)15)3-2-4-13-14-12/h2-3,5-6,15H,4H2,1H3. The second-order valence-electron chi connectivity index (χ2n) is 2.86. The van der Waals surface area contributed by atoms with Gasteiger partial charge in [-0.05, 0) is 23.2 Å². The van der Waals surface area contributed by atoms with Gasteiger partial charge in [0.05, 0.1) is 7.11 Å². The molecule has 16 heavy (non-hydrogen) atoms. The van der Waals surface area contributed by atoms with Gasteiger partial charge in [0.25, 0.3) is 0 Å². The van der Waals surface area contributed by atoms with E-state index in [-0.39, 0.29) is 12.3 Å². The third kappa shape index (κ3) is 3.18. The van der Waals surface area contributed by atoms with Gasteiger partial charge >= 0.3 is 0 Å². The molecule has 6 heteroatoms. The summed E-state index contributed by atoms with van der Waals surface area (Å²) in [6.07, 6.45) is 3.45. The summed E-state index contributed by atoms with van der Waals surface area (Å²) in [4.78, 5) is 2.63. The molecule has 0 aliphatic rings. The maximum Gasteiger partial charge on any atom is 0.161 e. The zero-order valence-corrected chi connectivity index (χ0v) is 10.2. The van der Waals surface area contributed by atoms with Crippen molar-refractivity contribution in [1.29, 1.82) is 0 Å². The van der Waals surface area contributed by atoms with Gasteiger partial charge in [-0.2, -0.15) is 0 Å². The van der Waals surface area contributed by atoms with Crippen molar-refractivity contribution in [2.75, 3.05) is 13.7 Å². The monoisotopic (exact) mass is 283 g/mol. The molecule has 0 atom stereocenters. The number of azide groups is 1. The highest BCUT2D eigenvalue weighted by molar-refractivity contribution is 9.10. The predicted octanol–water partition coefficient (Wildman–Crippen LogP) is 3.49. The van der Waals surface area contributed by atoms with Crippen molar-refractivity contribution in [2.45, 2.75) is 0 Å². The molecule has 1 aromatic rings. The van der Waals surface area contributed by atoms with Gasteiger partial charge in [-0.1, -0.05) is 33.2 Å². The van der Waals surface area contributed by atoms with Crippen LogP contribution in [0.2, 0.25) is 0 Å². The molecule has 1 aromatic carbocycles. The quantitative estimate of drug-likeness (QED) is 0.522. The number of phenols is 1. The summed E-state index contributed by atoms with van der Waals surface area (Å²) < 4.78 is 5.74. The Kier molecular flexibility index (Phi) is 4.69. The minimum Gasteiger partial charge on any atom is -0.504 e. The molecule has 0 fully saturated rings. The molecule has 0 aliphatic carbocycles. The van der Waals surface area contributed by atoms with Crippen LogP contribution >= 0.6 is 15.9 Å². The molecule has 0 saturated heterocycles. The molecule has 0 heterocycles. The molecule has 0 spiro atoms. The Labute approximate surface area is 101 Å². The lowest BCUT2D eigenvalue weighted by molar-refractivity contribution is 0.373. The Bertz CT molecular complexity index is 454. The number of rotatable bonds is 4. The number of phenolic OH excluding ortho intramolecular Hbond substituents is 1. The second-order valence-corrected chi connectivity index (χ2v) is 3.72. The minimum absolute atomic E-state index is 0.0640. The number of aromatic hydroxyl groups is 1. The molecule has 0 aromatic heterocycles. The van der Waals surface area contributed by atoms with Gasteiger partial charge in [-0.3, -0.25) is 0 Å². The van der Waals surface area contributed by atoms with Gasteiger partial charge in [0.2, 0.25) is 0 Å². The van der Waals surface area contributed by atoms with Crippen LogP contribution in [0.1, 0.15) is 5.56 Å². The maximum atomic E-state index is 9.56. The second kappa shape index (κ2) is 6.05. The first-order valence-electron chi connectivity index (χ1n) is 4.43. The molecule has 0 radical (unpaired) electrons. The van der Waals surface area contributed by atoms with Crippen LogP contribution in [0.3, 0.4) is 0 Å². The largest absolute Gasteiger partial charge is 0.504 e. The van der Waals surface area contributed by atoms with Crippen molar-refractivity contribution < 1.29 is 9.84 Å². The van der Waals surface area contributed by atoms with E-state index in [1.54, 1.807) is 24.3 Å². The van der Waals surface area contributed by atoms with E-state index in [9.17, 15) is 5.11 Å². The van der Waals surface area contributed by atoms with Gasteiger partial charge in [0.1, 0.15) is 0 Å². The maximum absolute atomic E-state index is 9.56. The summed E-state index contributed by atoms with van der Waals surface area (Å²) in [6.45, 7) is 0.274. The normalized spacial score (nSPS) is 10.1. The van der Waals surface area contributed by atoms with Crippen LogP contribution in [0.5, 0.6) is 11.5 Å². The number of nitrogens with zero attached hydrogens (tertiary/aromatic N) is 3. The lowest BCUT2D eigenvalue weighted by atomic mass is 10.2. The van der Waals surface area contributed by atoms with E-state index in [1.807, 2.05) is 0 Å². The van der Waals surface area contributed by atoms with Crippen LogP contribution in [0.4, 0.5) is 0 Å². The third-order valence-corrected chi connectivity index (χ3v) is 2.53. The molecule has 84 valence electrons. The van der Waals surface area contributed by atoms with Crippen molar-refractivity contribution >= 4 is 22.0 Å². The number of benzene rings is 1. The lowest BCUT2D eigenvalue weighted by Gasteiger charge is -2.06.